The van der Waals surface area contributed by atoms with Crippen molar-refractivity contribution < 1.29 is 4.79 Å². The molecule has 0 aromatic heterocycles. The van der Waals surface area contributed by atoms with Gasteiger partial charge >= 0.3 is 0 Å². The van der Waals surface area contributed by atoms with Crippen LogP contribution in [-0.2, 0) is 0 Å². The standard InChI is InChI=1S/C14H10BrClO/c15-12-9-5-4-8-11(12)13(16)14(17)10-6-2-1-3-7-10/h1-9,13H. The first-order valence-electron chi connectivity index (χ1n) is 5.18. The Morgan fingerprint density at radius 2 is 1.59 bits per heavy atom. The van der Waals surface area contributed by atoms with Crippen molar-refractivity contribution in [2.24, 2.45) is 0 Å². The molecule has 3 heteroatoms. The van der Waals surface area contributed by atoms with Gasteiger partial charge in [-0.2, -0.15) is 0 Å². The maximum atomic E-state index is 12.1. The van der Waals surface area contributed by atoms with Crippen LogP contribution in [0, 0.1) is 0 Å². The lowest BCUT2D eigenvalue weighted by molar-refractivity contribution is 0.0987. The number of carbonyl (C=O) groups is 1. The van der Waals surface area contributed by atoms with Crippen LogP contribution in [0.3, 0.4) is 0 Å². The van der Waals surface area contributed by atoms with Crippen LogP contribution in [0.15, 0.2) is 59.1 Å². The Morgan fingerprint density at radius 1 is 1.00 bits per heavy atom. The summed E-state index contributed by atoms with van der Waals surface area (Å²) in [4.78, 5) is 12.1. The van der Waals surface area contributed by atoms with E-state index in [0.29, 0.717) is 5.56 Å². The van der Waals surface area contributed by atoms with Crippen LogP contribution in [0.1, 0.15) is 21.3 Å². The lowest BCUT2D eigenvalue weighted by atomic mass is 10.0. The molecule has 2 rings (SSSR count). The van der Waals surface area contributed by atoms with Crippen molar-refractivity contribution in [3.05, 3.63) is 70.2 Å². The van der Waals surface area contributed by atoms with Gasteiger partial charge in [-0.25, -0.2) is 0 Å². The summed E-state index contributed by atoms with van der Waals surface area (Å²) in [5.41, 5.74) is 1.42. The van der Waals surface area contributed by atoms with Crippen molar-refractivity contribution in [2.45, 2.75) is 5.38 Å². The lowest BCUT2D eigenvalue weighted by Gasteiger charge is -2.10. The number of Topliss-reactive ketones (excluding diaryl/α,β-unsaturated/α-hetero) is 1. The molecule has 0 aliphatic rings. The highest BCUT2D eigenvalue weighted by Gasteiger charge is 2.20. The monoisotopic (exact) mass is 308 g/mol. The molecule has 0 heterocycles. The van der Waals surface area contributed by atoms with Crippen LogP contribution in [0.5, 0.6) is 0 Å². The van der Waals surface area contributed by atoms with Crippen molar-refractivity contribution in [3.8, 4) is 0 Å². The van der Waals surface area contributed by atoms with Gasteiger partial charge in [-0.1, -0.05) is 64.5 Å². The summed E-state index contributed by atoms with van der Waals surface area (Å²) in [6.07, 6.45) is 0. The van der Waals surface area contributed by atoms with E-state index in [2.05, 4.69) is 15.9 Å². The third-order valence-electron chi connectivity index (χ3n) is 2.47. The Labute approximate surface area is 114 Å². The average Bonchev–Trinajstić information content (AvgIpc) is 2.39. The van der Waals surface area contributed by atoms with E-state index in [4.69, 9.17) is 11.6 Å². The molecule has 0 N–H and O–H groups in total. The van der Waals surface area contributed by atoms with Gasteiger partial charge in [0, 0.05) is 10.0 Å². The minimum absolute atomic E-state index is 0.0841. The summed E-state index contributed by atoms with van der Waals surface area (Å²) >= 11 is 9.62. The molecule has 1 nitrogen and oxygen atoms in total. The number of hydrogen-bond donors (Lipinski definition) is 0. The number of hydrogen-bond acceptors (Lipinski definition) is 1. The van der Waals surface area contributed by atoms with Crippen LogP contribution in [0.25, 0.3) is 0 Å². The minimum Gasteiger partial charge on any atom is -0.292 e. The van der Waals surface area contributed by atoms with Crippen LogP contribution in [0.2, 0.25) is 0 Å². The maximum Gasteiger partial charge on any atom is 0.185 e. The van der Waals surface area contributed by atoms with Crippen molar-refractivity contribution in [1.29, 1.82) is 0 Å². The highest BCUT2D eigenvalue weighted by atomic mass is 79.9. The largest absolute Gasteiger partial charge is 0.292 e. The third kappa shape index (κ3) is 2.76. The average molecular weight is 310 g/mol. The summed E-state index contributed by atoms with van der Waals surface area (Å²) in [5.74, 6) is -0.0841. The Hall–Kier alpha value is -1.12. The Balaban J connectivity index is 2.30. The number of alkyl halides is 1. The van der Waals surface area contributed by atoms with Crippen LogP contribution in [-0.4, -0.2) is 5.78 Å². The Morgan fingerprint density at radius 3 is 2.24 bits per heavy atom. The molecule has 2 aromatic rings. The van der Waals surface area contributed by atoms with Crippen LogP contribution in [0.4, 0.5) is 0 Å². The molecule has 0 bridgehead atoms. The topological polar surface area (TPSA) is 17.1 Å². The molecule has 0 radical (unpaired) electrons. The highest BCUT2D eigenvalue weighted by Crippen LogP contribution is 2.30. The molecule has 2 aromatic carbocycles. The zero-order valence-corrected chi connectivity index (χ0v) is 11.3. The predicted molar refractivity (Wildman–Crippen MR) is 73.5 cm³/mol. The van der Waals surface area contributed by atoms with E-state index in [1.165, 1.54) is 0 Å². The van der Waals surface area contributed by atoms with E-state index in [0.717, 1.165) is 10.0 Å². The second-order valence-corrected chi connectivity index (χ2v) is 4.91. The molecule has 0 aliphatic carbocycles. The molecule has 17 heavy (non-hydrogen) atoms. The van der Waals surface area contributed by atoms with E-state index in [1.54, 1.807) is 12.1 Å². The summed E-state index contributed by atoms with van der Waals surface area (Å²) in [6.45, 7) is 0. The molecule has 86 valence electrons. The Kier molecular flexibility index (Phi) is 3.97. The smallest absolute Gasteiger partial charge is 0.185 e. The van der Waals surface area contributed by atoms with Gasteiger partial charge in [0.1, 0.15) is 5.38 Å². The highest BCUT2D eigenvalue weighted by molar-refractivity contribution is 9.10. The molecule has 0 aliphatic heterocycles. The maximum absolute atomic E-state index is 12.1. The zero-order valence-electron chi connectivity index (χ0n) is 8.94. The fourth-order valence-corrected chi connectivity index (χ4v) is 2.53. The molecule has 1 atom stereocenters. The molecule has 0 saturated heterocycles. The number of carbonyl (C=O) groups excluding carboxylic acids is 1. The van der Waals surface area contributed by atoms with Gasteiger partial charge in [-0.15, -0.1) is 11.6 Å². The van der Waals surface area contributed by atoms with Gasteiger partial charge in [0.15, 0.2) is 5.78 Å². The van der Waals surface area contributed by atoms with Crippen LogP contribution >= 0.6 is 27.5 Å². The van der Waals surface area contributed by atoms with Crippen molar-refractivity contribution in [2.75, 3.05) is 0 Å². The summed E-state index contributed by atoms with van der Waals surface area (Å²) in [5, 5.41) is -0.659. The first-order chi connectivity index (χ1) is 8.20. The van der Waals surface area contributed by atoms with E-state index >= 15 is 0 Å². The normalized spacial score (nSPS) is 12.1. The minimum atomic E-state index is -0.659. The quantitative estimate of drug-likeness (QED) is 0.597. The van der Waals surface area contributed by atoms with Gasteiger partial charge in [0.2, 0.25) is 0 Å². The number of benzene rings is 2. The first-order valence-corrected chi connectivity index (χ1v) is 6.41. The fourth-order valence-electron chi connectivity index (χ4n) is 1.57. The van der Waals surface area contributed by atoms with Crippen molar-refractivity contribution in [1.82, 2.24) is 0 Å². The van der Waals surface area contributed by atoms with Gasteiger partial charge in [0.25, 0.3) is 0 Å². The molecule has 0 amide bonds. The zero-order chi connectivity index (χ0) is 12.3. The second kappa shape index (κ2) is 5.48. The molecule has 0 saturated carbocycles. The number of rotatable bonds is 3. The molecular formula is C14H10BrClO. The summed E-state index contributed by atoms with van der Waals surface area (Å²) in [6, 6.07) is 16.6. The van der Waals surface area contributed by atoms with Gasteiger partial charge in [-0.3, -0.25) is 4.79 Å². The molecule has 0 spiro atoms. The van der Waals surface area contributed by atoms with E-state index in [9.17, 15) is 4.79 Å². The van der Waals surface area contributed by atoms with Crippen molar-refractivity contribution >= 4 is 33.3 Å². The molecular weight excluding hydrogens is 300 g/mol. The Bertz CT molecular complexity index is 525. The van der Waals surface area contributed by atoms with E-state index < -0.39 is 5.38 Å². The summed E-state index contributed by atoms with van der Waals surface area (Å²) in [7, 11) is 0. The lowest BCUT2D eigenvalue weighted by Crippen LogP contribution is -2.07. The summed E-state index contributed by atoms with van der Waals surface area (Å²) < 4.78 is 0.851. The fraction of sp³-hybridized carbons (Fsp3) is 0.0714. The van der Waals surface area contributed by atoms with Gasteiger partial charge < -0.3 is 0 Å². The number of ketones is 1. The first kappa shape index (κ1) is 12.3. The van der Waals surface area contributed by atoms with E-state index in [-0.39, 0.29) is 5.78 Å². The third-order valence-corrected chi connectivity index (χ3v) is 3.62. The second-order valence-electron chi connectivity index (χ2n) is 3.61. The van der Waals surface area contributed by atoms with Crippen molar-refractivity contribution in [3.63, 3.8) is 0 Å². The molecule has 0 fully saturated rings. The van der Waals surface area contributed by atoms with E-state index in [1.807, 2.05) is 42.5 Å². The van der Waals surface area contributed by atoms with Gasteiger partial charge in [-0.05, 0) is 11.6 Å². The van der Waals surface area contributed by atoms with Crippen LogP contribution < -0.4 is 0 Å². The SMILES string of the molecule is O=C(c1ccccc1)C(Cl)c1ccccc1Br. The predicted octanol–water partition coefficient (Wildman–Crippen LogP) is 4.61. The number of halogens is 2. The van der Waals surface area contributed by atoms with Gasteiger partial charge in [0.05, 0.1) is 0 Å². The molecule has 1 unspecified atom stereocenters.